The zero-order chi connectivity index (χ0) is 16.6. The van der Waals surface area contributed by atoms with Crippen LogP contribution in [0.25, 0.3) is 0 Å². The van der Waals surface area contributed by atoms with Crippen molar-refractivity contribution in [3.05, 3.63) is 36.0 Å². The first-order valence-electron chi connectivity index (χ1n) is 6.17. The molecule has 0 bridgehead atoms. The minimum Gasteiger partial charge on any atom is -0.390 e. The van der Waals surface area contributed by atoms with Gasteiger partial charge in [-0.3, -0.25) is 9.35 Å². The fraction of sp³-hybridized carbons (Fsp3) is 0.231. The summed E-state index contributed by atoms with van der Waals surface area (Å²) in [5, 5.41) is 14.1. The molecular weight excluding hydrogens is 330 g/mol. The predicted molar refractivity (Wildman–Crippen MR) is 81.9 cm³/mol. The Hall–Kier alpha value is -2.08. The number of carbonyl (C=O) groups excluding carboxylic acids is 1. The molecular formula is C13H14ClN3O4S. The molecule has 0 aliphatic carbocycles. The smallest absolute Gasteiger partial charge is 0.294 e. The van der Waals surface area contributed by atoms with E-state index in [4.69, 9.17) is 21.4 Å². The normalized spacial score (nSPS) is 11.6. The highest BCUT2D eigenvalue weighted by Gasteiger charge is 2.13. The second-order valence-electron chi connectivity index (χ2n) is 4.12. The summed E-state index contributed by atoms with van der Waals surface area (Å²) < 4.78 is 31.0. The summed E-state index contributed by atoms with van der Waals surface area (Å²) in [6, 6.07) is 6.78. The number of nitriles is 1. The molecule has 22 heavy (non-hydrogen) atoms. The van der Waals surface area contributed by atoms with Gasteiger partial charge in [-0.05, 0) is 24.6 Å². The molecule has 0 aromatic heterocycles. The third kappa shape index (κ3) is 5.73. The van der Waals surface area contributed by atoms with Gasteiger partial charge in [0.05, 0.1) is 4.90 Å². The predicted octanol–water partition coefficient (Wildman–Crippen LogP) is 1.50. The Bertz CT molecular complexity index is 710. The van der Waals surface area contributed by atoms with Crippen LogP contribution in [0.15, 0.2) is 40.9 Å². The van der Waals surface area contributed by atoms with Crippen molar-refractivity contribution < 1.29 is 17.8 Å². The molecule has 0 aliphatic rings. The van der Waals surface area contributed by atoms with Crippen LogP contribution in [0, 0.1) is 11.3 Å². The third-order valence-corrected chi connectivity index (χ3v) is 3.57. The molecule has 0 atom stereocenters. The lowest BCUT2D eigenvalue weighted by Crippen LogP contribution is -2.17. The highest BCUT2D eigenvalue weighted by molar-refractivity contribution is 7.85. The monoisotopic (exact) mass is 343 g/mol. The molecule has 118 valence electrons. The average Bonchev–Trinajstić information content (AvgIpc) is 2.46. The van der Waals surface area contributed by atoms with Gasteiger partial charge in [0.15, 0.2) is 0 Å². The lowest BCUT2D eigenvalue weighted by atomic mass is 10.2. The van der Waals surface area contributed by atoms with Gasteiger partial charge < -0.3 is 10.6 Å². The lowest BCUT2D eigenvalue weighted by molar-refractivity contribution is -0.112. The summed E-state index contributed by atoms with van der Waals surface area (Å²) in [6.45, 7) is 0.514. The van der Waals surface area contributed by atoms with Gasteiger partial charge in [0, 0.05) is 24.3 Å². The molecule has 1 aromatic rings. The van der Waals surface area contributed by atoms with E-state index in [1.807, 2.05) is 0 Å². The van der Waals surface area contributed by atoms with E-state index in [0.29, 0.717) is 18.8 Å². The molecule has 0 aliphatic heterocycles. The molecule has 0 spiro atoms. The number of amides is 1. The SMILES string of the molecule is N#C/C(=C/NCCCCl)C(=O)Nc1cccc(S(=O)(=O)O)c1. The van der Waals surface area contributed by atoms with Crippen LogP contribution in [0.2, 0.25) is 0 Å². The van der Waals surface area contributed by atoms with E-state index < -0.39 is 16.0 Å². The van der Waals surface area contributed by atoms with E-state index >= 15 is 0 Å². The second kappa shape index (κ2) is 8.38. The molecule has 1 rings (SSSR count). The minimum atomic E-state index is -4.36. The summed E-state index contributed by atoms with van der Waals surface area (Å²) >= 11 is 5.50. The Morgan fingerprint density at radius 2 is 2.18 bits per heavy atom. The first-order chi connectivity index (χ1) is 10.4. The first kappa shape index (κ1) is 18.0. The topological polar surface area (TPSA) is 119 Å². The molecule has 1 aromatic carbocycles. The van der Waals surface area contributed by atoms with Gasteiger partial charge in [0.25, 0.3) is 16.0 Å². The number of halogens is 1. The van der Waals surface area contributed by atoms with E-state index in [1.54, 1.807) is 6.07 Å². The van der Waals surface area contributed by atoms with E-state index in [1.165, 1.54) is 24.4 Å². The van der Waals surface area contributed by atoms with Crippen molar-refractivity contribution in [1.29, 1.82) is 5.26 Å². The van der Waals surface area contributed by atoms with Crippen molar-refractivity contribution in [3.8, 4) is 6.07 Å². The van der Waals surface area contributed by atoms with E-state index in [9.17, 15) is 13.2 Å². The maximum Gasteiger partial charge on any atom is 0.294 e. The number of carbonyl (C=O) groups is 1. The van der Waals surface area contributed by atoms with Crippen molar-refractivity contribution in [2.75, 3.05) is 17.7 Å². The number of anilines is 1. The molecule has 9 heteroatoms. The van der Waals surface area contributed by atoms with Gasteiger partial charge >= 0.3 is 0 Å². The van der Waals surface area contributed by atoms with Crippen LogP contribution in [0.4, 0.5) is 5.69 Å². The van der Waals surface area contributed by atoms with Crippen LogP contribution in [-0.2, 0) is 14.9 Å². The minimum absolute atomic E-state index is 0.141. The molecule has 1 amide bonds. The van der Waals surface area contributed by atoms with E-state index in [-0.39, 0.29) is 16.2 Å². The maximum atomic E-state index is 11.9. The third-order valence-electron chi connectivity index (χ3n) is 2.46. The number of alkyl halides is 1. The van der Waals surface area contributed by atoms with E-state index in [0.717, 1.165) is 6.07 Å². The maximum absolute atomic E-state index is 11.9. The zero-order valence-corrected chi connectivity index (χ0v) is 13.0. The standard InChI is InChI=1S/C13H14ClN3O4S/c14-5-2-6-16-9-10(8-15)13(18)17-11-3-1-4-12(7-11)22(19,20)21/h1,3-4,7,9,16H,2,5-6H2,(H,17,18)(H,19,20,21)/b10-9-. The Morgan fingerprint density at radius 1 is 1.45 bits per heavy atom. The Kier molecular flexibility index (Phi) is 6.85. The van der Waals surface area contributed by atoms with Crippen LogP contribution in [0.5, 0.6) is 0 Å². The largest absolute Gasteiger partial charge is 0.390 e. The Labute approximate surface area is 133 Å². The molecule has 0 radical (unpaired) electrons. The van der Waals surface area contributed by atoms with Crippen molar-refractivity contribution in [3.63, 3.8) is 0 Å². The highest BCUT2D eigenvalue weighted by atomic mass is 35.5. The molecule has 7 nitrogen and oxygen atoms in total. The van der Waals surface area contributed by atoms with Crippen LogP contribution in [0.3, 0.4) is 0 Å². The summed E-state index contributed by atoms with van der Waals surface area (Å²) in [6.07, 6.45) is 1.93. The fourth-order valence-electron chi connectivity index (χ4n) is 1.42. The number of nitrogens with one attached hydrogen (secondary N) is 2. The average molecular weight is 344 g/mol. The van der Waals surface area contributed by atoms with Crippen LogP contribution in [0.1, 0.15) is 6.42 Å². The van der Waals surface area contributed by atoms with Crippen molar-refractivity contribution >= 4 is 33.3 Å². The van der Waals surface area contributed by atoms with Gasteiger partial charge in [-0.25, -0.2) is 0 Å². The van der Waals surface area contributed by atoms with Crippen molar-refractivity contribution in [1.82, 2.24) is 5.32 Å². The van der Waals surface area contributed by atoms with Gasteiger partial charge in [0.2, 0.25) is 0 Å². The van der Waals surface area contributed by atoms with Crippen LogP contribution >= 0.6 is 11.6 Å². The summed E-state index contributed by atoms with van der Waals surface area (Å²) in [4.78, 5) is 11.5. The molecule has 0 saturated carbocycles. The number of hydrogen-bond acceptors (Lipinski definition) is 5. The Balaban J connectivity index is 2.81. The van der Waals surface area contributed by atoms with Crippen molar-refractivity contribution in [2.24, 2.45) is 0 Å². The summed E-state index contributed by atoms with van der Waals surface area (Å²) in [5.74, 6) is -0.245. The zero-order valence-electron chi connectivity index (χ0n) is 11.4. The number of rotatable bonds is 7. The van der Waals surface area contributed by atoms with Gasteiger partial charge in [0.1, 0.15) is 11.6 Å². The summed E-state index contributed by atoms with van der Waals surface area (Å²) in [7, 11) is -4.36. The quantitative estimate of drug-likeness (QED) is 0.227. The number of hydrogen-bond donors (Lipinski definition) is 3. The highest BCUT2D eigenvalue weighted by Crippen LogP contribution is 2.15. The van der Waals surface area contributed by atoms with Gasteiger partial charge in [-0.2, -0.15) is 13.7 Å². The van der Waals surface area contributed by atoms with E-state index in [2.05, 4.69) is 10.6 Å². The molecule has 0 fully saturated rings. The van der Waals surface area contributed by atoms with Gasteiger partial charge in [-0.15, -0.1) is 11.6 Å². The molecule has 3 N–H and O–H groups in total. The summed E-state index contributed by atoms with van der Waals surface area (Å²) in [5.41, 5.74) is -0.0335. The molecule has 0 unspecified atom stereocenters. The van der Waals surface area contributed by atoms with Crippen LogP contribution in [-0.4, -0.2) is 31.3 Å². The fourth-order valence-corrected chi connectivity index (χ4v) is 2.08. The molecule has 0 saturated heterocycles. The number of benzene rings is 1. The Morgan fingerprint density at radius 3 is 2.77 bits per heavy atom. The lowest BCUT2D eigenvalue weighted by Gasteiger charge is -2.06. The second-order valence-corrected chi connectivity index (χ2v) is 5.92. The molecule has 0 heterocycles. The van der Waals surface area contributed by atoms with Gasteiger partial charge in [-0.1, -0.05) is 6.07 Å². The first-order valence-corrected chi connectivity index (χ1v) is 8.14. The van der Waals surface area contributed by atoms with Crippen LogP contribution < -0.4 is 10.6 Å². The number of nitrogens with zero attached hydrogens (tertiary/aromatic N) is 1. The van der Waals surface area contributed by atoms with Crippen molar-refractivity contribution in [2.45, 2.75) is 11.3 Å².